The van der Waals surface area contributed by atoms with Gasteiger partial charge in [0.1, 0.15) is 0 Å². The minimum atomic E-state index is -4.29. The number of rotatable bonds is 2. The van der Waals surface area contributed by atoms with Crippen LogP contribution < -0.4 is 5.32 Å². The Kier molecular flexibility index (Phi) is 2.47. The Morgan fingerprint density at radius 3 is 2.23 bits per heavy atom. The fourth-order valence-corrected chi connectivity index (χ4v) is 2.85. The predicted molar refractivity (Wildman–Crippen MR) is 46.1 cm³/mol. The van der Waals surface area contributed by atoms with Crippen LogP contribution in [-0.4, -0.2) is 28.0 Å². The zero-order valence-electron chi connectivity index (χ0n) is 7.22. The normalized spacial score (nSPS) is 39.4. The largest absolute Gasteiger partial charge is 0.469 e. The molecule has 0 saturated carbocycles. The number of hydrogen-bond donors (Lipinski definition) is 3. The number of piperidine rings is 1. The molecule has 0 radical (unpaired) electrons. The van der Waals surface area contributed by atoms with Gasteiger partial charge in [-0.25, -0.2) is 4.57 Å². The molecule has 2 aliphatic rings. The SMILES string of the molecule is O=P(O)(O)OC1CC2CCC(C1)N2. The molecule has 0 aromatic heterocycles. The standard InChI is InChI=1S/C7H14NO4P/c9-13(10,11)12-7-3-5-1-2-6(4-7)8-5/h5-8H,1-4H2,(H2,9,10,11). The fraction of sp³-hybridized carbons (Fsp3) is 1.00. The van der Waals surface area contributed by atoms with Crippen molar-refractivity contribution in [1.29, 1.82) is 0 Å². The van der Waals surface area contributed by atoms with Crippen LogP contribution in [0.5, 0.6) is 0 Å². The first-order chi connectivity index (χ1) is 6.03. The Balaban J connectivity index is 1.92. The summed E-state index contributed by atoms with van der Waals surface area (Å²) in [5.74, 6) is 0. The second-order valence-corrected chi connectivity index (χ2v) is 5.02. The summed E-state index contributed by atoms with van der Waals surface area (Å²) >= 11 is 0. The van der Waals surface area contributed by atoms with Gasteiger partial charge >= 0.3 is 7.82 Å². The van der Waals surface area contributed by atoms with Gasteiger partial charge in [-0.15, -0.1) is 0 Å². The van der Waals surface area contributed by atoms with Gasteiger partial charge in [-0.05, 0) is 25.7 Å². The van der Waals surface area contributed by atoms with Crippen molar-refractivity contribution in [3.63, 3.8) is 0 Å². The monoisotopic (exact) mass is 207 g/mol. The predicted octanol–water partition coefficient (Wildman–Crippen LogP) is 0.379. The van der Waals surface area contributed by atoms with Crippen LogP contribution in [0.4, 0.5) is 0 Å². The highest BCUT2D eigenvalue weighted by Crippen LogP contribution is 2.42. The molecule has 2 rings (SSSR count). The molecule has 0 aliphatic carbocycles. The molecule has 3 N–H and O–H groups in total. The van der Waals surface area contributed by atoms with Gasteiger partial charge < -0.3 is 15.1 Å². The first kappa shape index (κ1) is 9.62. The number of hydrogen-bond acceptors (Lipinski definition) is 3. The van der Waals surface area contributed by atoms with Crippen LogP contribution in [0.3, 0.4) is 0 Å². The van der Waals surface area contributed by atoms with Crippen molar-refractivity contribution in [1.82, 2.24) is 5.32 Å². The Morgan fingerprint density at radius 1 is 1.23 bits per heavy atom. The molecule has 2 aliphatic heterocycles. The van der Waals surface area contributed by atoms with E-state index in [-0.39, 0.29) is 6.10 Å². The van der Waals surface area contributed by atoms with Gasteiger partial charge in [0.2, 0.25) is 0 Å². The second-order valence-electron chi connectivity index (χ2n) is 3.83. The molecule has 2 fully saturated rings. The third kappa shape index (κ3) is 2.51. The average molecular weight is 207 g/mol. The summed E-state index contributed by atoms with van der Waals surface area (Å²) in [5, 5.41) is 3.37. The maximum absolute atomic E-state index is 10.6. The van der Waals surface area contributed by atoms with Crippen molar-refractivity contribution in [2.45, 2.75) is 43.9 Å². The highest BCUT2D eigenvalue weighted by Gasteiger charge is 2.36. The third-order valence-corrected chi connectivity index (χ3v) is 3.29. The fourth-order valence-electron chi connectivity index (χ4n) is 2.29. The molecule has 0 aromatic carbocycles. The zero-order chi connectivity index (χ0) is 9.47. The topological polar surface area (TPSA) is 78.8 Å². The van der Waals surface area contributed by atoms with Crippen molar-refractivity contribution in [3.8, 4) is 0 Å². The minimum Gasteiger partial charge on any atom is -0.311 e. The maximum Gasteiger partial charge on any atom is 0.469 e. The van der Waals surface area contributed by atoms with E-state index in [0.717, 1.165) is 25.7 Å². The lowest BCUT2D eigenvalue weighted by atomic mass is 10.0. The van der Waals surface area contributed by atoms with Gasteiger partial charge in [-0.1, -0.05) is 0 Å². The van der Waals surface area contributed by atoms with E-state index >= 15 is 0 Å². The van der Waals surface area contributed by atoms with E-state index < -0.39 is 7.82 Å². The smallest absolute Gasteiger partial charge is 0.311 e. The Bertz CT molecular complexity index is 229. The highest BCUT2D eigenvalue weighted by atomic mass is 31.2. The van der Waals surface area contributed by atoms with Crippen LogP contribution in [0, 0.1) is 0 Å². The van der Waals surface area contributed by atoms with Crippen LogP contribution in [-0.2, 0) is 9.09 Å². The second kappa shape index (κ2) is 3.33. The Morgan fingerprint density at radius 2 is 1.77 bits per heavy atom. The Labute approximate surface area is 76.7 Å². The van der Waals surface area contributed by atoms with Gasteiger partial charge in [0, 0.05) is 12.1 Å². The molecular weight excluding hydrogens is 193 g/mol. The van der Waals surface area contributed by atoms with Gasteiger partial charge in [-0.3, -0.25) is 4.52 Å². The molecule has 0 spiro atoms. The molecule has 0 amide bonds. The van der Waals surface area contributed by atoms with Crippen molar-refractivity contribution in [2.75, 3.05) is 0 Å². The van der Waals surface area contributed by atoms with Crippen LogP contribution >= 0.6 is 7.82 Å². The lowest BCUT2D eigenvalue weighted by molar-refractivity contribution is 0.0935. The molecule has 76 valence electrons. The number of fused-ring (bicyclic) bond motifs is 2. The zero-order valence-corrected chi connectivity index (χ0v) is 8.11. The molecule has 5 nitrogen and oxygen atoms in total. The summed E-state index contributed by atoms with van der Waals surface area (Å²) in [6.07, 6.45) is 3.39. The number of phosphoric ester groups is 1. The van der Waals surface area contributed by atoms with E-state index in [1.807, 2.05) is 0 Å². The third-order valence-electron chi connectivity index (χ3n) is 2.72. The lowest BCUT2D eigenvalue weighted by Crippen LogP contribution is -2.41. The lowest BCUT2D eigenvalue weighted by Gasteiger charge is -2.28. The van der Waals surface area contributed by atoms with Crippen LogP contribution in [0.25, 0.3) is 0 Å². The summed E-state index contributed by atoms with van der Waals surface area (Å²) in [7, 11) is -4.29. The first-order valence-electron chi connectivity index (χ1n) is 4.53. The molecule has 2 atom stereocenters. The van der Waals surface area contributed by atoms with E-state index in [9.17, 15) is 4.57 Å². The van der Waals surface area contributed by atoms with Gasteiger partial charge in [-0.2, -0.15) is 0 Å². The number of nitrogens with one attached hydrogen (secondary N) is 1. The summed E-state index contributed by atoms with van der Waals surface area (Å²) in [4.78, 5) is 17.3. The summed E-state index contributed by atoms with van der Waals surface area (Å²) in [5.41, 5.74) is 0. The van der Waals surface area contributed by atoms with Crippen molar-refractivity contribution in [3.05, 3.63) is 0 Å². The van der Waals surface area contributed by atoms with Gasteiger partial charge in [0.25, 0.3) is 0 Å². The Hall–Kier alpha value is 0.0700. The first-order valence-corrected chi connectivity index (χ1v) is 6.06. The molecule has 2 heterocycles. The molecule has 2 bridgehead atoms. The van der Waals surface area contributed by atoms with Crippen LogP contribution in [0.2, 0.25) is 0 Å². The number of phosphoric acid groups is 1. The van der Waals surface area contributed by atoms with Crippen molar-refractivity contribution >= 4 is 7.82 Å². The molecule has 2 unspecified atom stereocenters. The van der Waals surface area contributed by atoms with Crippen molar-refractivity contribution < 1.29 is 18.9 Å². The molecule has 2 saturated heterocycles. The van der Waals surface area contributed by atoms with Gasteiger partial charge in [0.05, 0.1) is 6.10 Å². The van der Waals surface area contributed by atoms with E-state index in [4.69, 9.17) is 9.79 Å². The average Bonchev–Trinajstić information content (AvgIpc) is 2.27. The minimum absolute atomic E-state index is 0.264. The van der Waals surface area contributed by atoms with Crippen LogP contribution in [0.1, 0.15) is 25.7 Å². The van der Waals surface area contributed by atoms with E-state index in [1.165, 1.54) is 0 Å². The van der Waals surface area contributed by atoms with Gasteiger partial charge in [0.15, 0.2) is 0 Å². The molecule has 6 heteroatoms. The summed E-state index contributed by atoms with van der Waals surface area (Å²) in [6.45, 7) is 0. The summed E-state index contributed by atoms with van der Waals surface area (Å²) < 4.78 is 15.3. The van der Waals surface area contributed by atoms with Crippen LogP contribution in [0.15, 0.2) is 0 Å². The quantitative estimate of drug-likeness (QED) is 0.570. The van der Waals surface area contributed by atoms with Crippen molar-refractivity contribution in [2.24, 2.45) is 0 Å². The maximum atomic E-state index is 10.6. The molecular formula is C7H14NO4P. The molecule has 0 aromatic rings. The van der Waals surface area contributed by atoms with E-state index in [0.29, 0.717) is 12.1 Å². The van der Waals surface area contributed by atoms with E-state index in [1.54, 1.807) is 0 Å². The molecule has 13 heavy (non-hydrogen) atoms. The summed E-state index contributed by atoms with van der Waals surface area (Å²) in [6, 6.07) is 0.797. The van der Waals surface area contributed by atoms with E-state index in [2.05, 4.69) is 9.84 Å². The highest BCUT2D eigenvalue weighted by molar-refractivity contribution is 7.46.